The van der Waals surface area contributed by atoms with Crippen LogP contribution in [0.4, 0.5) is 0 Å². The van der Waals surface area contributed by atoms with Gasteiger partial charge in [-0.2, -0.15) is 11.3 Å². The van der Waals surface area contributed by atoms with Crippen molar-refractivity contribution in [3.8, 4) is 0 Å². The van der Waals surface area contributed by atoms with Gasteiger partial charge in [0, 0.05) is 5.56 Å². The first-order valence-corrected chi connectivity index (χ1v) is 5.96. The number of carbonyl (C=O) groups excluding carboxylic acids is 1. The average molecular weight is 252 g/mol. The molecule has 5 heteroatoms. The molecule has 0 spiro atoms. The summed E-state index contributed by atoms with van der Waals surface area (Å²) in [5.41, 5.74) is 1.79. The molecule has 1 N–H and O–H groups in total. The minimum absolute atomic E-state index is 0.0921. The number of ether oxygens (including phenoxy) is 1. The van der Waals surface area contributed by atoms with E-state index in [0.29, 0.717) is 5.76 Å². The Balaban J connectivity index is 2.26. The molecule has 0 aliphatic carbocycles. The molecule has 1 atom stereocenters. The maximum atomic E-state index is 11.2. The van der Waals surface area contributed by atoms with Crippen LogP contribution in [0, 0.1) is 6.92 Å². The molecular formula is C12H12O4S. The molecule has 0 bridgehead atoms. The van der Waals surface area contributed by atoms with Crippen molar-refractivity contribution in [2.24, 2.45) is 0 Å². The molecule has 0 aromatic carbocycles. The number of aliphatic hydroxyl groups excluding tert-OH is 1. The van der Waals surface area contributed by atoms with Crippen LogP contribution < -0.4 is 0 Å². The van der Waals surface area contributed by atoms with E-state index in [1.54, 1.807) is 6.07 Å². The van der Waals surface area contributed by atoms with Crippen LogP contribution in [0.1, 0.15) is 33.5 Å². The average Bonchev–Trinajstić information content (AvgIpc) is 2.95. The third-order valence-electron chi connectivity index (χ3n) is 2.47. The minimum atomic E-state index is -0.848. The number of carbonyl (C=O) groups is 1. The van der Waals surface area contributed by atoms with Gasteiger partial charge in [0.05, 0.1) is 7.11 Å². The first-order chi connectivity index (χ1) is 8.13. The zero-order valence-corrected chi connectivity index (χ0v) is 10.3. The Morgan fingerprint density at radius 1 is 1.47 bits per heavy atom. The number of esters is 1. The second-order valence-corrected chi connectivity index (χ2v) is 4.35. The number of hydrogen-bond donors (Lipinski definition) is 1. The first-order valence-electron chi connectivity index (χ1n) is 5.02. The number of aryl methyl sites for hydroxylation is 1. The van der Waals surface area contributed by atoms with Crippen LogP contribution in [-0.2, 0) is 4.74 Å². The zero-order chi connectivity index (χ0) is 12.4. The van der Waals surface area contributed by atoms with E-state index < -0.39 is 12.1 Å². The van der Waals surface area contributed by atoms with Crippen molar-refractivity contribution < 1.29 is 19.1 Å². The fourth-order valence-electron chi connectivity index (χ4n) is 1.51. The van der Waals surface area contributed by atoms with E-state index in [4.69, 9.17) is 4.42 Å². The van der Waals surface area contributed by atoms with Gasteiger partial charge in [0.2, 0.25) is 5.76 Å². The fraction of sp³-hybridized carbons (Fsp3) is 0.250. The second kappa shape index (κ2) is 4.73. The number of thiophene rings is 1. The number of furan rings is 1. The number of rotatable bonds is 3. The van der Waals surface area contributed by atoms with Gasteiger partial charge in [0.25, 0.3) is 0 Å². The zero-order valence-electron chi connectivity index (χ0n) is 9.47. The summed E-state index contributed by atoms with van der Waals surface area (Å²) in [6.07, 6.45) is -0.848. The van der Waals surface area contributed by atoms with Crippen LogP contribution in [0.2, 0.25) is 0 Å². The largest absolute Gasteiger partial charge is 0.463 e. The Labute approximate surface area is 102 Å². The summed E-state index contributed by atoms with van der Waals surface area (Å²) < 4.78 is 9.79. The first kappa shape index (κ1) is 11.9. The third-order valence-corrected chi connectivity index (χ3v) is 3.35. The van der Waals surface area contributed by atoms with Crippen LogP contribution in [0.15, 0.2) is 27.3 Å². The van der Waals surface area contributed by atoms with Crippen LogP contribution in [-0.4, -0.2) is 18.2 Å². The maximum Gasteiger partial charge on any atom is 0.373 e. The summed E-state index contributed by atoms with van der Waals surface area (Å²) in [4.78, 5) is 11.2. The summed E-state index contributed by atoms with van der Waals surface area (Å²) in [5, 5.41) is 13.9. The van der Waals surface area contributed by atoms with Gasteiger partial charge in [-0.3, -0.25) is 0 Å². The molecule has 2 rings (SSSR count). The predicted molar refractivity (Wildman–Crippen MR) is 63.2 cm³/mol. The number of aliphatic hydroxyl groups is 1. The standard InChI is InChI=1S/C12H12O4S/c1-7-5-17-6-8(7)11(13)9-3-4-10(16-9)12(14)15-2/h3-6,11,13H,1-2H3. The topological polar surface area (TPSA) is 59.7 Å². The lowest BCUT2D eigenvalue weighted by molar-refractivity contribution is 0.0558. The number of methoxy groups -OCH3 is 1. The van der Waals surface area contributed by atoms with Crippen LogP contribution in [0.3, 0.4) is 0 Å². The molecule has 2 heterocycles. The van der Waals surface area contributed by atoms with Crippen LogP contribution in [0.25, 0.3) is 0 Å². The molecule has 0 amide bonds. The minimum Gasteiger partial charge on any atom is -0.463 e. The highest BCUT2D eigenvalue weighted by atomic mass is 32.1. The molecule has 17 heavy (non-hydrogen) atoms. The monoisotopic (exact) mass is 252 g/mol. The smallest absolute Gasteiger partial charge is 0.373 e. The summed E-state index contributed by atoms with van der Waals surface area (Å²) in [5.74, 6) is -0.119. The molecule has 0 saturated heterocycles. The highest BCUT2D eigenvalue weighted by Gasteiger charge is 2.19. The van der Waals surface area contributed by atoms with Crippen LogP contribution >= 0.6 is 11.3 Å². The predicted octanol–water partition coefficient (Wildman–Crippen LogP) is 2.52. The quantitative estimate of drug-likeness (QED) is 0.853. The van der Waals surface area contributed by atoms with Crippen molar-refractivity contribution in [3.05, 3.63) is 45.5 Å². The normalized spacial score (nSPS) is 12.4. The van der Waals surface area contributed by atoms with Crippen molar-refractivity contribution in [3.63, 3.8) is 0 Å². The van der Waals surface area contributed by atoms with E-state index >= 15 is 0 Å². The van der Waals surface area contributed by atoms with E-state index in [0.717, 1.165) is 11.1 Å². The van der Waals surface area contributed by atoms with Gasteiger partial charge in [-0.1, -0.05) is 0 Å². The van der Waals surface area contributed by atoms with Crippen LogP contribution in [0.5, 0.6) is 0 Å². The fourth-order valence-corrected chi connectivity index (χ4v) is 2.38. The molecule has 90 valence electrons. The van der Waals surface area contributed by atoms with Crippen molar-refractivity contribution in [1.82, 2.24) is 0 Å². The molecule has 1 unspecified atom stereocenters. The molecule has 2 aromatic heterocycles. The summed E-state index contributed by atoms with van der Waals surface area (Å²) >= 11 is 1.51. The van der Waals surface area contributed by atoms with Crippen molar-refractivity contribution in [1.29, 1.82) is 0 Å². The van der Waals surface area contributed by atoms with E-state index in [1.807, 2.05) is 17.7 Å². The van der Waals surface area contributed by atoms with Crippen molar-refractivity contribution in [2.45, 2.75) is 13.0 Å². The molecule has 4 nitrogen and oxygen atoms in total. The molecular weight excluding hydrogens is 240 g/mol. The Morgan fingerprint density at radius 2 is 2.24 bits per heavy atom. The van der Waals surface area contributed by atoms with Gasteiger partial charge in [0.15, 0.2) is 0 Å². The van der Waals surface area contributed by atoms with E-state index in [2.05, 4.69) is 4.74 Å². The maximum absolute atomic E-state index is 11.2. The van der Waals surface area contributed by atoms with Gasteiger partial charge >= 0.3 is 5.97 Å². The van der Waals surface area contributed by atoms with E-state index in [9.17, 15) is 9.90 Å². The Bertz CT molecular complexity index is 526. The molecule has 0 fully saturated rings. The Kier molecular flexibility index (Phi) is 3.31. The summed E-state index contributed by atoms with van der Waals surface area (Å²) in [6.45, 7) is 1.92. The lowest BCUT2D eigenvalue weighted by Crippen LogP contribution is -2.00. The van der Waals surface area contributed by atoms with Gasteiger partial charge in [-0.25, -0.2) is 4.79 Å². The highest BCUT2D eigenvalue weighted by Crippen LogP contribution is 2.28. The lowest BCUT2D eigenvalue weighted by Gasteiger charge is -2.06. The molecule has 0 saturated carbocycles. The van der Waals surface area contributed by atoms with Crippen molar-refractivity contribution in [2.75, 3.05) is 7.11 Å². The van der Waals surface area contributed by atoms with E-state index in [1.165, 1.54) is 24.5 Å². The number of hydrogen-bond acceptors (Lipinski definition) is 5. The highest BCUT2D eigenvalue weighted by molar-refractivity contribution is 7.08. The van der Waals surface area contributed by atoms with Gasteiger partial charge in [-0.15, -0.1) is 0 Å². The second-order valence-electron chi connectivity index (χ2n) is 3.61. The Morgan fingerprint density at radius 3 is 2.82 bits per heavy atom. The molecule has 0 aliphatic heterocycles. The van der Waals surface area contributed by atoms with Gasteiger partial charge in [0.1, 0.15) is 11.9 Å². The SMILES string of the molecule is COC(=O)c1ccc(C(O)c2cscc2C)o1. The Hall–Kier alpha value is -1.59. The molecule has 2 aromatic rings. The third kappa shape index (κ3) is 2.25. The summed E-state index contributed by atoms with van der Waals surface area (Å²) in [6, 6.07) is 3.07. The molecule has 0 radical (unpaired) electrons. The molecule has 0 aliphatic rings. The van der Waals surface area contributed by atoms with Crippen molar-refractivity contribution >= 4 is 17.3 Å². The van der Waals surface area contributed by atoms with E-state index in [-0.39, 0.29) is 5.76 Å². The van der Waals surface area contributed by atoms with Gasteiger partial charge < -0.3 is 14.3 Å². The summed E-state index contributed by atoms with van der Waals surface area (Å²) in [7, 11) is 1.28. The lowest BCUT2D eigenvalue weighted by atomic mass is 10.1. The van der Waals surface area contributed by atoms with Gasteiger partial charge in [-0.05, 0) is 35.4 Å².